The number of amides is 1. The lowest BCUT2D eigenvalue weighted by molar-refractivity contribution is 0.0938. The second kappa shape index (κ2) is 8.14. The van der Waals surface area contributed by atoms with Gasteiger partial charge in [-0.3, -0.25) is 4.79 Å². The third-order valence-electron chi connectivity index (χ3n) is 3.15. The molecule has 0 aliphatic carbocycles. The Labute approximate surface area is 132 Å². The average Bonchev–Trinajstić information content (AvgIpc) is 2.46. The lowest BCUT2D eigenvalue weighted by Gasteiger charge is -2.15. The van der Waals surface area contributed by atoms with E-state index in [-0.39, 0.29) is 29.1 Å². The molecule has 0 heterocycles. The number of hydrogen-bond acceptors (Lipinski definition) is 4. The summed E-state index contributed by atoms with van der Waals surface area (Å²) in [5.74, 6) is -0.0874. The minimum atomic E-state index is -3.70. The van der Waals surface area contributed by atoms with Crippen molar-refractivity contribution in [3.05, 3.63) is 23.8 Å². The van der Waals surface area contributed by atoms with Crippen LogP contribution in [0.25, 0.3) is 0 Å². The molecule has 0 unspecified atom stereocenters. The standard InChI is InChI=1S/C15H24N2O4S/c1-5-7-11(3)17-15(18)12-8-9-13(21-4)14(10-12)22(19,20)16-6-2/h8-11,16H,5-7H2,1-4H3,(H,17,18)/t11-/m1/s1. The Hall–Kier alpha value is -1.60. The van der Waals surface area contributed by atoms with Crippen molar-refractivity contribution in [2.45, 2.75) is 44.6 Å². The number of rotatable bonds is 8. The van der Waals surface area contributed by atoms with E-state index in [1.54, 1.807) is 13.0 Å². The first-order chi connectivity index (χ1) is 10.4. The lowest BCUT2D eigenvalue weighted by atomic mass is 10.1. The molecule has 1 rings (SSSR count). The van der Waals surface area contributed by atoms with Crippen LogP contribution in [0.1, 0.15) is 44.0 Å². The van der Waals surface area contributed by atoms with Crippen LogP contribution in [0.3, 0.4) is 0 Å². The van der Waals surface area contributed by atoms with Crippen molar-refractivity contribution in [1.82, 2.24) is 10.0 Å². The fourth-order valence-corrected chi connectivity index (χ4v) is 3.34. The Morgan fingerprint density at radius 1 is 1.32 bits per heavy atom. The van der Waals surface area contributed by atoms with E-state index in [0.717, 1.165) is 12.8 Å². The molecule has 0 radical (unpaired) electrons. The molecule has 7 heteroatoms. The highest BCUT2D eigenvalue weighted by Gasteiger charge is 2.21. The average molecular weight is 328 g/mol. The van der Waals surface area contributed by atoms with E-state index in [4.69, 9.17) is 4.74 Å². The summed E-state index contributed by atoms with van der Waals surface area (Å²) in [7, 11) is -2.31. The predicted molar refractivity (Wildman–Crippen MR) is 85.7 cm³/mol. The highest BCUT2D eigenvalue weighted by atomic mass is 32.2. The van der Waals surface area contributed by atoms with Crippen LogP contribution in [0.2, 0.25) is 0 Å². The normalized spacial score (nSPS) is 12.7. The van der Waals surface area contributed by atoms with Gasteiger partial charge < -0.3 is 10.1 Å². The minimum Gasteiger partial charge on any atom is -0.495 e. The number of hydrogen-bond donors (Lipinski definition) is 2. The predicted octanol–water partition coefficient (Wildman–Crippen LogP) is 1.91. The second-order valence-corrected chi connectivity index (χ2v) is 6.77. The van der Waals surface area contributed by atoms with Crippen molar-refractivity contribution in [2.75, 3.05) is 13.7 Å². The monoisotopic (exact) mass is 328 g/mol. The molecule has 0 saturated carbocycles. The molecule has 124 valence electrons. The van der Waals surface area contributed by atoms with E-state index in [1.165, 1.54) is 19.2 Å². The van der Waals surface area contributed by atoms with Gasteiger partial charge in [-0.15, -0.1) is 0 Å². The van der Waals surface area contributed by atoms with E-state index in [2.05, 4.69) is 10.0 Å². The van der Waals surface area contributed by atoms with Crippen LogP contribution in [-0.4, -0.2) is 34.0 Å². The van der Waals surface area contributed by atoms with Gasteiger partial charge in [-0.25, -0.2) is 13.1 Å². The van der Waals surface area contributed by atoms with Crippen molar-refractivity contribution in [3.63, 3.8) is 0 Å². The summed E-state index contributed by atoms with van der Waals surface area (Å²) in [5.41, 5.74) is 0.292. The maximum atomic E-state index is 12.2. The fraction of sp³-hybridized carbons (Fsp3) is 0.533. The maximum absolute atomic E-state index is 12.2. The Balaban J connectivity index is 3.12. The van der Waals surface area contributed by atoms with Gasteiger partial charge in [-0.05, 0) is 31.5 Å². The van der Waals surface area contributed by atoms with Gasteiger partial charge in [-0.1, -0.05) is 20.3 Å². The highest BCUT2D eigenvalue weighted by molar-refractivity contribution is 7.89. The van der Waals surface area contributed by atoms with Gasteiger partial charge >= 0.3 is 0 Å². The molecule has 0 aliphatic rings. The van der Waals surface area contributed by atoms with Crippen LogP contribution < -0.4 is 14.8 Å². The topological polar surface area (TPSA) is 84.5 Å². The zero-order valence-electron chi connectivity index (χ0n) is 13.5. The van der Waals surface area contributed by atoms with Crippen LogP contribution >= 0.6 is 0 Å². The Kier molecular flexibility index (Phi) is 6.83. The van der Waals surface area contributed by atoms with E-state index in [1.807, 2.05) is 13.8 Å². The van der Waals surface area contributed by atoms with E-state index in [9.17, 15) is 13.2 Å². The first-order valence-electron chi connectivity index (χ1n) is 7.34. The number of carbonyl (C=O) groups excluding carboxylic acids is 1. The number of benzene rings is 1. The van der Waals surface area contributed by atoms with E-state index < -0.39 is 10.0 Å². The summed E-state index contributed by atoms with van der Waals surface area (Å²) < 4.78 is 31.9. The van der Waals surface area contributed by atoms with Gasteiger partial charge in [-0.2, -0.15) is 0 Å². The summed E-state index contributed by atoms with van der Waals surface area (Å²) in [6.07, 6.45) is 1.83. The second-order valence-electron chi connectivity index (χ2n) is 5.03. The summed E-state index contributed by atoms with van der Waals surface area (Å²) in [6.45, 7) is 5.90. The fourth-order valence-electron chi connectivity index (χ4n) is 2.11. The number of ether oxygens (including phenoxy) is 1. The molecular weight excluding hydrogens is 304 g/mol. The molecule has 6 nitrogen and oxygen atoms in total. The van der Waals surface area contributed by atoms with Crippen molar-refractivity contribution < 1.29 is 17.9 Å². The third kappa shape index (κ3) is 4.71. The molecule has 0 saturated heterocycles. The molecule has 0 fully saturated rings. The highest BCUT2D eigenvalue weighted by Crippen LogP contribution is 2.24. The number of sulfonamides is 1. The zero-order chi connectivity index (χ0) is 16.8. The zero-order valence-corrected chi connectivity index (χ0v) is 14.3. The van der Waals surface area contributed by atoms with Crippen LogP contribution in [0.15, 0.2) is 23.1 Å². The number of carbonyl (C=O) groups is 1. The van der Waals surface area contributed by atoms with Gasteiger partial charge in [0.1, 0.15) is 10.6 Å². The first-order valence-corrected chi connectivity index (χ1v) is 8.82. The van der Waals surface area contributed by atoms with Crippen LogP contribution in [0.4, 0.5) is 0 Å². The lowest BCUT2D eigenvalue weighted by Crippen LogP contribution is -2.32. The van der Waals surface area contributed by atoms with Crippen LogP contribution in [-0.2, 0) is 10.0 Å². The van der Waals surface area contributed by atoms with Gasteiger partial charge in [0.25, 0.3) is 5.91 Å². The van der Waals surface area contributed by atoms with Crippen molar-refractivity contribution in [3.8, 4) is 5.75 Å². The quantitative estimate of drug-likeness (QED) is 0.763. The molecule has 0 aromatic heterocycles. The van der Waals surface area contributed by atoms with Gasteiger partial charge in [0.05, 0.1) is 7.11 Å². The molecular formula is C15H24N2O4S. The molecule has 1 aromatic carbocycles. The van der Waals surface area contributed by atoms with Crippen molar-refractivity contribution in [2.24, 2.45) is 0 Å². The van der Waals surface area contributed by atoms with Crippen molar-refractivity contribution >= 4 is 15.9 Å². The Morgan fingerprint density at radius 3 is 2.55 bits per heavy atom. The Morgan fingerprint density at radius 2 is 2.00 bits per heavy atom. The van der Waals surface area contributed by atoms with Gasteiger partial charge in [0.15, 0.2) is 0 Å². The first kappa shape index (κ1) is 18.4. The minimum absolute atomic E-state index is 0.0346. The molecule has 0 aliphatic heterocycles. The maximum Gasteiger partial charge on any atom is 0.251 e. The molecule has 1 atom stereocenters. The molecule has 0 bridgehead atoms. The molecule has 1 amide bonds. The third-order valence-corrected chi connectivity index (χ3v) is 4.72. The smallest absolute Gasteiger partial charge is 0.251 e. The summed E-state index contributed by atoms with van der Waals surface area (Å²) in [4.78, 5) is 12.2. The summed E-state index contributed by atoms with van der Waals surface area (Å²) in [5, 5.41) is 2.85. The van der Waals surface area contributed by atoms with Gasteiger partial charge in [0.2, 0.25) is 10.0 Å². The molecule has 1 aromatic rings. The van der Waals surface area contributed by atoms with E-state index >= 15 is 0 Å². The largest absolute Gasteiger partial charge is 0.495 e. The van der Waals surface area contributed by atoms with Crippen LogP contribution in [0.5, 0.6) is 5.75 Å². The van der Waals surface area contributed by atoms with E-state index in [0.29, 0.717) is 5.56 Å². The Bertz CT molecular complexity index is 614. The molecule has 0 spiro atoms. The SMILES string of the molecule is CCC[C@@H](C)NC(=O)c1ccc(OC)c(S(=O)(=O)NCC)c1. The van der Waals surface area contributed by atoms with Crippen LogP contribution in [0, 0.1) is 0 Å². The number of nitrogens with one attached hydrogen (secondary N) is 2. The number of methoxy groups -OCH3 is 1. The summed E-state index contributed by atoms with van der Waals surface area (Å²) in [6, 6.07) is 4.42. The molecule has 2 N–H and O–H groups in total. The molecule has 22 heavy (non-hydrogen) atoms. The van der Waals surface area contributed by atoms with Gasteiger partial charge in [0, 0.05) is 18.2 Å². The summed E-state index contributed by atoms with van der Waals surface area (Å²) >= 11 is 0. The van der Waals surface area contributed by atoms with Crippen molar-refractivity contribution in [1.29, 1.82) is 0 Å².